The van der Waals surface area contributed by atoms with Gasteiger partial charge in [-0.2, -0.15) is 5.26 Å². The summed E-state index contributed by atoms with van der Waals surface area (Å²) < 4.78 is 6.23. The zero-order valence-corrected chi connectivity index (χ0v) is 18.8. The molecule has 7 nitrogen and oxygen atoms in total. The molecular formula is C24H20BrN5O2. The van der Waals surface area contributed by atoms with Gasteiger partial charge in [-0.1, -0.05) is 27.9 Å². The van der Waals surface area contributed by atoms with Crippen LogP contribution in [0.5, 0.6) is 0 Å². The number of anilines is 3. The number of hydrogen-bond donors (Lipinski definition) is 2. The summed E-state index contributed by atoms with van der Waals surface area (Å²) in [4.78, 5) is 18.8. The van der Waals surface area contributed by atoms with E-state index in [9.17, 15) is 10.1 Å². The van der Waals surface area contributed by atoms with E-state index in [1.165, 1.54) is 6.20 Å². The van der Waals surface area contributed by atoms with Gasteiger partial charge in [-0.15, -0.1) is 0 Å². The minimum atomic E-state index is -0.386. The smallest absolute Gasteiger partial charge is 0.300 e. The number of fused-ring (bicyclic) bond motifs is 1. The summed E-state index contributed by atoms with van der Waals surface area (Å²) in [7, 11) is 0. The number of hydrogen-bond acceptors (Lipinski definition) is 6. The monoisotopic (exact) mass is 489 g/mol. The molecule has 0 radical (unpaired) electrons. The zero-order chi connectivity index (χ0) is 22.3. The average Bonchev–Trinajstić information content (AvgIpc) is 2.80. The Labute approximate surface area is 194 Å². The molecule has 160 valence electrons. The fraction of sp³-hybridized carbons (Fsp3) is 0.208. The number of halogens is 1. The second kappa shape index (κ2) is 10.3. The molecule has 0 spiro atoms. The zero-order valence-electron chi connectivity index (χ0n) is 17.2. The first-order valence-electron chi connectivity index (χ1n) is 10.1. The Morgan fingerprint density at radius 2 is 2.03 bits per heavy atom. The number of rotatable bonds is 4. The van der Waals surface area contributed by atoms with Crippen molar-refractivity contribution in [3.05, 3.63) is 58.7 Å². The Hall–Kier alpha value is -3.43. The highest BCUT2D eigenvalue weighted by molar-refractivity contribution is 9.10. The van der Waals surface area contributed by atoms with Crippen molar-refractivity contribution < 1.29 is 9.53 Å². The van der Waals surface area contributed by atoms with Crippen LogP contribution in [0.4, 0.5) is 17.1 Å². The van der Waals surface area contributed by atoms with E-state index in [2.05, 4.69) is 54.4 Å². The standard InChI is InChI=1S/C24H20BrN5O2/c25-18-3-1-4-19(13-18)29-24-17(15-26)16-27-22-7-6-20(14-21(22)24)28-23(31)5-2-8-30-9-11-32-12-10-30/h1,3-4,6-7,13-14,16H,8-12H2,(H,27,29)(H,28,31). The molecule has 0 bridgehead atoms. The fourth-order valence-electron chi connectivity index (χ4n) is 3.35. The lowest BCUT2D eigenvalue weighted by molar-refractivity contribution is -0.111. The molecule has 1 aliphatic heterocycles. The lowest BCUT2D eigenvalue weighted by atomic mass is 10.1. The molecule has 32 heavy (non-hydrogen) atoms. The number of benzene rings is 2. The number of amides is 1. The highest BCUT2D eigenvalue weighted by Crippen LogP contribution is 2.31. The van der Waals surface area contributed by atoms with Gasteiger partial charge in [-0.3, -0.25) is 14.7 Å². The number of nitrogens with one attached hydrogen (secondary N) is 2. The first-order chi connectivity index (χ1) is 15.6. The molecule has 0 atom stereocenters. The second-order valence-corrected chi connectivity index (χ2v) is 8.09. The van der Waals surface area contributed by atoms with Gasteiger partial charge >= 0.3 is 0 Å². The van der Waals surface area contributed by atoms with Gasteiger partial charge in [-0.25, -0.2) is 0 Å². The first kappa shape index (κ1) is 21.8. The van der Waals surface area contributed by atoms with Crippen molar-refractivity contribution in [1.29, 1.82) is 5.26 Å². The van der Waals surface area contributed by atoms with Gasteiger partial charge in [0.25, 0.3) is 5.91 Å². The first-order valence-corrected chi connectivity index (χ1v) is 10.9. The molecule has 0 unspecified atom stereocenters. The molecule has 1 fully saturated rings. The lowest BCUT2D eigenvalue weighted by Gasteiger charge is -2.24. The molecule has 0 saturated carbocycles. The van der Waals surface area contributed by atoms with Gasteiger partial charge in [0, 0.05) is 40.5 Å². The van der Waals surface area contributed by atoms with Crippen molar-refractivity contribution >= 4 is 49.8 Å². The molecule has 2 heterocycles. The van der Waals surface area contributed by atoms with E-state index in [1.807, 2.05) is 24.3 Å². The molecule has 1 amide bonds. The number of carbonyl (C=O) groups is 1. The van der Waals surface area contributed by atoms with Crippen LogP contribution in [-0.4, -0.2) is 48.6 Å². The third kappa shape index (κ3) is 5.43. The third-order valence-electron chi connectivity index (χ3n) is 4.95. The fourth-order valence-corrected chi connectivity index (χ4v) is 3.75. The predicted molar refractivity (Wildman–Crippen MR) is 128 cm³/mol. The van der Waals surface area contributed by atoms with Crippen molar-refractivity contribution in [3.8, 4) is 17.9 Å². The molecule has 2 N–H and O–H groups in total. The number of morpholine rings is 1. The minimum absolute atomic E-state index is 0.386. The maximum Gasteiger partial charge on any atom is 0.300 e. The van der Waals surface area contributed by atoms with Gasteiger partial charge in [0.1, 0.15) is 6.07 Å². The number of nitriles is 1. The highest BCUT2D eigenvalue weighted by Gasteiger charge is 2.12. The number of nitrogens with zero attached hydrogens (tertiary/aromatic N) is 3. The van der Waals surface area contributed by atoms with Crippen LogP contribution in [0.3, 0.4) is 0 Å². The Morgan fingerprint density at radius 3 is 2.81 bits per heavy atom. The summed E-state index contributed by atoms with van der Waals surface area (Å²) in [5, 5.41) is 16.4. The van der Waals surface area contributed by atoms with E-state index in [4.69, 9.17) is 4.74 Å². The van der Waals surface area contributed by atoms with E-state index in [-0.39, 0.29) is 5.91 Å². The molecule has 2 aromatic carbocycles. The lowest BCUT2D eigenvalue weighted by Crippen LogP contribution is -2.36. The summed E-state index contributed by atoms with van der Waals surface area (Å²) in [6.45, 7) is 3.57. The number of pyridine rings is 1. The quantitative estimate of drug-likeness (QED) is 0.540. The second-order valence-electron chi connectivity index (χ2n) is 7.17. The van der Waals surface area contributed by atoms with Crippen molar-refractivity contribution in [3.63, 3.8) is 0 Å². The van der Waals surface area contributed by atoms with Crippen LogP contribution in [0, 0.1) is 23.2 Å². The van der Waals surface area contributed by atoms with Gasteiger partial charge < -0.3 is 15.4 Å². The number of ether oxygens (including phenoxy) is 1. The minimum Gasteiger partial charge on any atom is -0.379 e. The van der Waals surface area contributed by atoms with Crippen LogP contribution in [0.2, 0.25) is 0 Å². The van der Waals surface area contributed by atoms with Gasteiger partial charge in [-0.05, 0) is 42.3 Å². The molecular weight excluding hydrogens is 470 g/mol. The molecule has 1 aliphatic rings. The van der Waals surface area contributed by atoms with Crippen LogP contribution >= 0.6 is 15.9 Å². The Morgan fingerprint density at radius 1 is 1.19 bits per heavy atom. The summed E-state index contributed by atoms with van der Waals surface area (Å²) >= 11 is 3.46. The van der Waals surface area contributed by atoms with E-state index in [0.717, 1.165) is 28.6 Å². The van der Waals surface area contributed by atoms with Crippen LogP contribution in [0.1, 0.15) is 5.56 Å². The van der Waals surface area contributed by atoms with Crippen molar-refractivity contribution in [2.75, 3.05) is 43.5 Å². The number of carbonyl (C=O) groups excluding carboxylic acids is 1. The summed E-state index contributed by atoms with van der Waals surface area (Å²) in [5.74, 6) is 5.17. The summed E-state index contributed by atoms with van der Waals surface area (Å²) in [6.07, 6.45) is 1.54. The molecule has 1 saturated heterocycles. The normalized spacial score (nSPS) is 13.6. The van der Waals surface area contributed by atoms with E-state index >= 15 is 0 Å². The van der Waals surface area contributed by atoms with Crippen LogP contribution in [0.15, 0.2) is 53.1 Å². The Kier molecular flexibility index (Phi) is 6.98. The molecule has 8 heteroatoms. The van der Waals surface area contributed by atoms with E-state index in [1.54, 1.807) is 18.2 Å². The summed E-state index contributed by atoms with van der Waals surface area (Å²) in [5.41, 5.74) is 3.15. The van der Waals surface area contributed by atoms with Gasteiger partial charge in [0.2, 0.25) is 0 Å². The van der Waals surface area contributed by atoms with E-state index in [0.29, 0.717) is 42.2 Å². The highest BCUT2D eigenvalue weighted by atomic mass is 79.9. The number of aromatic nitrogens is 1. The summed E-state index contributed by atoms with van der Waals surface area (Å²) in [6, 6.07) is 15.2. The maximum atomic E-state index is 12.3. The SMILES string of the molecule is N#Cc1cnc2ccc(NC(=O)C#CCN3CCOCC3)cc2c1Nc1cccc(Br)c1. The Balaban J connectivity index is 1.56. The van der Waals surface area contributed by atoms with Crippen molar-refractivity contribution in [2.45, 2.75) is 0 Å². The predicted octanol–water partition coefficient (Wildman–Crippen LogP) is 3.89. The largest absolute Gasteiger partial charge is 0.379 e. The van der Waals surface area contributed by atoms with Crippen LogP contribution in [-0.2, 0) is 9.53 Å². The molecule has 4 rings (SSSR count). The van der Waals surface area contributed by atoms with Crippen molar-refractivity contribution in [2.24, 2.45) is 0 Å². The van der Waals surface area contributed by atoms with E-state index < -0.39 is 0 Å². The third-order valence-corrected chi connectivity index (χ3v) is 5.44. The molecule has 0 aliphatic carbocycles. The average molecular weight is 490 g/mol. The Bertz CT molecular complexity index is 1250. The molecule has 3 aromatic rings. The van der Waals surface area contributed by atoms with Crippen LogP contribution in [0.25, 0.3) is 10.9 Å². The van der Waals surface area contributed by atoms with Crippen molar-refractivity contribution in [1.82, 2.24) is 9.88 Å². The van der Waals surface area contributed by atoms with Crippen LogP contribution < -0.4 is 10.6 Å². The molecule has 1 aromatic heterocycles. The van der Waals surface area contributed by atoms with Gasteiger partial charge in [0.05, 0.1) is 36.5 Å². The van der Waals surface area contributed by atoms with Gasteiger partial charge in [0.15, 0.2) is 0 Å². The maximum absolute atomic E-state index is 12.3. The topological polar surface area (TPSA) is 90.3 Å².